The maximum absolute atomic E-state index is 9.89. The Morgan fingerprint density at radius 2 is 2.06 bits per heavy atom. The highest BCUT2D eigenvalue weighted by Crippen LogP contribution is 2.19. The quantitative estimate of drug-likeness (QED) is 0.561. The van der Waals surface area contributed by atoms with Gasteiger partial charge in [-0.25, -0.2) is 0 Å². The second-order valence-electron chi connectivity index (χ2n) is 4.05. The van der Waals surface area contributed by atoms with Crippen LogP contribution in [0.15, 0.2) is 24.3 Å². The zero-order chi connectivity index (χ0) is 12.7. The van der Waals surface area contributed by atoms with E-state index >= 15 is 0 Å². The van der Waals surface area contributed by atoms with E-state index in [0.717, 1.165) is 18.7 Å². The molecule has 0 aromatic heterocycles. The SMILES string of the molecule is CCNCc1cccc(C(O)C(O)CCO)c1. The zero-order valence-corrected chi connectivity index (χ0v) is 10.1. The van der Waals surface area contributed by atoms with E-state index in [-0.39, 0.29) is 13.0 Å². The fourth-order valence-corrected chi connectivity index (χ4v) is 1.67. The summed E-state index contributed by atoms with van der Waals surface area (Å²) in [6.45, 7) is 3.53. The van der Waals surface area contributed by atoms with Crippen molar-refractivity contribution < 1.29 is 15.3 Å². The van der Waals surface area contributed by atoms with Crippen LogP contribution in [0.1, 0.15) is 30.6 Å². The van der Waals surface area contributed by atoms with Crippen molar-refractivity contribution in [1.82, 2.24) is 5.32 Å². The molecular formula is C13H21NO3. The Kier molecular flexibility index (Phi) is 6.15. The lowest BCUT2D eigenvalue weighted by atomic mass is 10.0. The summed E-state index contributed by atoms with van der Waals surface area (Å²) < 4.78 is 0. The third-order valence-electron chi connectivity index (χ3n) is 2.66. The number of hydrogen-bond acceptors (Lipinski definition) is 4. The van der Waals surface area contributed by atoms with Crippen LogP contribution >= 0.6 is 0 Å². The Bertz CT molecular complexity index is 330. The van der Waals surface area contributed by atoms with Gasteiger partial charge in [0.15, 0.2) is 0 Å². The second kappa shape index (κ2) is 7.40. The van der Waals surface area contributed by atoms with Crippen LogP contribution in [0.25, 0.3) is 0 Å². The number of benzene rings is 1. The third kappa shape index (κ3) is 4.44. The van der Waals surface area contributed by atoms with Crippen LogP contribution in [0.2, 0.25) is 0 Å². The van der Waals surface area contributed by atoms with Gasteiger partial charge in [-0.05, 0) is 24.1 Å². The highest BCUT2D eigenvalue weighted by molar-refractivity contribution is 5.25. The molecule has 0 fully saturated rings. The maximum atomic E-state index is 9.89. The molecule has 0 amide bonds. The van der Waals surface area contributed by atoms with E-state index in [9.17, 15) is 10.2 Å². The first-order chi connectivity index (χ1) is 8.19. The molecule has 0 radical (unpaired) electrons. The van der Waals surface area contributed by atoms with Gasteiger partial charge in [-0.2, -0.15) is 0 Å². The predicted octanol–water partition coefficient (Wildman–Crippen LogP) is 0.573. The van der Waals surface area contributed by atoms with Gasteiger partial charge in [-0.3, -0.25) is 0 Å². The van der Waals surface area contributed by atoms with E-state index < -0.39 is 12.2 Å². The van der Waals surface area contributed by atoms with E-state index in [1.165, 1.54) is 0 Å². The largest absolute Gasteiger partial charge is 0.396 e. The molecule has 4 nitrogen and oxygen atoms in total. The first kappa shape index (κ1) is 14.1. The van der Waals surface area contributed by atoms with Crippen molar-refractivity contribution in [3.63, 3.8) is 0 Å². The molecule has 2 unspecified atom stereocenters. The van der Waals surface area contributed by atoms with Gasteiger partial charge in [-0.1, -0.05) is 31.2 Å². The van der Waals surface area contributed by atoms with Crippen molar-refractivity contribution in [1.29, 1.82) is 0 Å². The van der Waals surface area contributed by atoms with Crippen LogP contribution < -0.4 is 5.32 Å². The maximum Gasteiger partial charge on any atom is 0.105 e. The van der Waals surface area contributed by atoms with Gasteiger partial charge in [0.25, 0.3) is 0 Å². The van der Waals surface area contributed by atoms with Gasteiger partial charge in [0.2, 0.25) is 0 Å². The molecule has 0 spiro atoms. The van der Waals surface area contributed by atoms with Gasteiger partial charge in [0.05, 0.1) is 6.10 Å². The standard InChI is InChI=1S/C13H21NO3/c1-2-14-9-10-4-3-5-11(8-10)13(17)12(16)6-7-15/h3-5,8,12-17H,2,6-7,9H2,1H3. The highest BCUT2D eigenvalue weighted by atomic mass is 16.3. The molecule has 0 heterocycles. The molecule has 0 saturated carbocycles. The van der Waals surface area contributed by atoms with E-state index in [4.69, 9.17) is 5.11 Å². The number of hydrogen-bond donors (Lipinski definition) is 4. The number of aliphatic hydroxyl groups is 3. The minimum atomic E-state index is -0.941. The molecule has 96 valence electrons. The molecule has 1 aromatic carbocycles. The first-order valence-electron chi connectivity index (χ1n) is 5.95. The molecule has 0 saturated heterocycles. The average molecular weight is 239 g/mol. The summed E-state index contributed by atoms with van der Waals surface area (Å²) in [6, 6.07) is 7.48. The van der Waals surface area contributed by atoms with E-state index in [2.05, 4.69) is 5.32 Å². The van der Waals surface area contributed by atoms with Crippen molar-refractivity contribution >= 4 is 0 Å². The molecule has 1 rings (SSSR count). The lowest BCUT2D eigenvalue weighted by Gasteiger charge is -2.18. The Morgan fingerprint density at radius 3 is 2.71 bits per heavy atom. The fourth-order valence-electron chi connectivity index (χ4n) is 1.67. The summed E-state index contributed by atoms with van der Waals surface area (Å²) >= 11 is 0. The molecule has 1 aromatic rings. The molecule has 2 atom stereocenters. The highest BCUT2D eigenvalue weighted by Gasteiger charge is 2.17. The van der Waals surface area contributed by atoms with Crippen LogP contribution in [0.5, 0.6) is 0 Å². The Hall–Kier alpha value is -0.940. The predicted molar refractivity (Wildman–Crippen MR) is 66.5 cm³/mol. The van der Waals surface area contributed by atoms with Crippen LogP contribution in [-0.4, -0.2) is 34.6 Å². The molecule has 0 aliphatic rings. The molecule has 0 bridgehead atoms. The van der Waals surface area contributed by atoms with Crippen molar-refractivity contribution in [2.24, 2.45) is 0 Å². The van der Waals surface area contributed by atoms with E-state index in [0.29, 0.717) is 5.56 Å². The summed E-state index contributed by atoms with van der Waals surface area (Å²) in [6.07, 6.45) is -1.68. The van der Waals surface area contributed by atoms with Crippen LogP contribution in [0.3, 0.4) is 0 Å². The average Bonchev–Trinajstić information content (AvgIpc) is 2.36. The first-order valence-corrected chi connectivity index (χ1v) is 5.95. The second-order valence-corrected chi connectivity index (χ2v) is 4.05. The third-order valence-corrected chi connectivity index (χ3v) is 2.66. The lowest BCUT2D eigenvalue weighted by molar-refractivity contribution is 0.00418. The van der Waals surface area contributed by atoms with Crippen LogP contribution in [-0.2, 0) is 6.54 Å². The van der Waals surface area contributed by atoms with Gasteiger partial charge in [0.1, 0.15) is 6.10 Å². The number of rotatable bonds is 7. The zero-order valence-electron chi connectivity index (χ0n) is 10.1. The van der Waals surface area contributed by atoms with Gasteiger partial charge >= 0.3 is 0 Å². The molecule has 17 heavy (non-hydrogen) atoms. The topological polar surface area (TPSA) is 72.7 Å². The van der Waals surface area contributed by atoms with Crippen LogP contribution in [0.4, 0.5) is 0 Å². The van der Waals surface area contributed by atoms with Gasteiger partial charge in [0, 0.05) is 13.2 Å². The smallest absolute Gasteiger partial charge is 0.105 e. The molecule has 0 aliphatic heterocycles. The van der Waals surface area contributed by atoms with Crippen molar-refractivity contribution in [3.05, 3.63) is 35.4 Å². The summed E-state index contributed by atoms with van der Waals surface area (Å²) in [5, 5.41) is 31.4. The normalized spacial score (nSPS) is 14.6. The minimum Gasteiger partial charge on any atom is -0.396 e. The summed E-state index contributed by atoms with van der Waals surface area (Å²) in [5.41, 5.74) is 1.75. The minimum absolute atomic E-state index is 0.130. The molecule has 0 aliphatic carbocycles. The lowest BCUT2D eigenvalue weighted by Crippen LogP contribution is -2.20. The van der Waals surface area contributed by atoms with Gasteiger partial charge in [-0.15, -0.1) is 0 Å². The van der Waals surface area contributed by atoms with Crippen LogP contribution in [0, 0.1) is 0 Å². The molecule has 4 heteroatoms. The summed E-state index contributed by atoms with van der Waals surface area (Å²) in [7, 11) is 0. The Balaban J connectivity index is 2.69. The van der Waals surface area contributed by atoms with E-state index in [1.807, 2.05) is 25.1 Å². The molecule has 4 N–H and O–H groups in total. The van der Waals surface area contributed by atoms with Crippen molar-refractivity contribution in [2.75, 3.05) is 13.2 Å². The number of aliphatic hydroxyl groups excluding tert-OH is 3. The summed E-state index contributed by atoms with van der Waals surface area (Å²) in [4.78, 5) is 0. The van der Waals surface area contributed by atoms with Crippen molar-refractivity contribution in [2.45, 2.75) is 32.1 Å². The Morgan fingerprint density at radius 1 is 1.29 bits per heavy atom. The van der Waals surface area contributed by atoms with E-state index in [1.54, 1.807) is 6.07 Å². The monoisotopic (exact) mass is 239 g/mol. The summed E-state index contributed by atoms with van der Waals surface area (Å²) in [5.74, 6) is 0. The van der Waals surface area contributed by atoms with Gasteiger partial charge < -0.3 is 20.6 Å². The molecular weight excluding hydrogens is 218 g/mol. The Labute approximate surface area is 102 Å². The van der Waals surface area contributed by atoms with Crippen molar-refractivity contribution in [3.8, 4) is 0 Å². The fraction of sp³-hybridized carbons (Fsp3) is 0.538. The number of nitrogens with one attached hydrogen (secondary N) is 1.